The Kier molecular flexibility index (Phi) is 6.52. The highest BCUT2D eigenvalue weighted by Gasteiger charge is 2.17. The van der Waals surface area contributed by atoms with E-state index in [-0.39, 0.29) is 6.67 Å². The first-order valence-corrected chi connectivity index (χ1v) is 4.61. The highest BCUT2D eigenvalue weighted by molar-refractivity contribution is 4.71. The van der Waals surface area contributed by atoms with Gasteiger partial charge in [0.15, 0.2) is 0 Å². The van der Waals surface area contributed by atoms with Crippen LogP contribution in [0.25, 0.3) is 0 Å². The number of halogens is 1. The van der Waals surface area contributed by atoms with Crippen LogP contribution in [0.4, 0.5) is 4.39 Å². The summed E-state index contributed by atoms with van der Waals surface area (Å²) in [6, 6.07) is 0. The van der Waals surface area contributed by atoms with Gasteiger partial charge in [-0.3, -0.25) is 0 Å². The maximum Gasteiger partial charge on any atom is 0.102 e. The molecule has 0 saturated carbocycles. The fourth-order valence-electron chi connectivity index (χ4n) is 1.35. The van der Waals surface area contributed by atoms with E-state index in [1.807, 2.05) is 13.8 Å². The molecular weight excluding hydrogens is 141 g/mol. The zero-order chi connectivity index (χ0) is 8.69. The first-order chi connectivity index (χ1) is 5.33. The molecule has 1 heterocycles. The number of alkyl halides is 1. The monoisotopic (exact) mass is 161 g/mol. The summed E-state index contributed by atoms with van der Waals surface area (Å²) in [7, 11) is 0. The second kappa shape index (κ2) is 6.59. The third-order valence-electron chi connectivity index (χ3n) is 1.91. The molecule has 0 aromatic heterocycles. The van der Waals surface area contributed by atoms with Crippen molar-refractivity contribution in [1.29, 1.82) is 0 Å². The Labute approximate surface area is 69.6 Å². The van der Waals surface area contributed by atoms with Crippen molar-refractivity contribution in [2.45, 2.75) is 27.2 Å². The van der Waals surface area contributed by atoms with Crippen molar-refractivity contribution < 1.29 is 4.39 Å². The van der Waals surface area contributed by atoms with Crippen LogP contribution in [0.3, 0.4) is 0 Å². The summed E-state index contributed by atoms with van der Waals surface area (Å²) in [5.74, 6) is 0.788. The Bertz CT molecular complexity index is 83.6. The van der Waals surface area contributed by atoms with E-state index in [1.54, 1.807) is 0 Å². The van der Waals surface area contributed by atoms with Crippen molar-refractivity contribution in [3.63, 3.8) is 0 Å². The average molecular weight is 161 g/mol. The molecule has 1 rings (SSSR count). The summed E-state index contributed by atoms with van der Waals surface area (Å²) in [6.45, 7) is 8.88. The number of nitrogens with zero attached hydrogens (tertiary/aromatic N) is 1. The van der Waals surface area contributed by atoms with Crippen LogP contribution in [-0.2, 0) is 0 Å². The van der Waals surface area contributed by atoms with Gasteiger partial charge in [0, 0.05) is 13.1 Å². The lowest BCUT2D eigenvalue weighted by atomic mass is 10.2. The molecule has 0 aliphatic carbocycles. The van der Waals surface area contributed by atoms with Crippen molar-refractivity contribution in [1.82, 2.24) is 4.90 Å². The Hall–Kier alpha value is -0.110. The minimum atomic E-state index is -0.188. The van der Waals surface area contributed by atoms with Gasteiger partial charge in [-0.05, 0) is 18.9 Å². The molecule has 1 saturated heterocycles. The van der Waals surface area contributed by atoms with E-state index in [0.717, 1.165) is 19.0 Å². The van der Waals surface area contributed by atoms with E-state index >= 15 is 0 Å². The topological polar surface area (TPSA) is 3.24 Å². The zero-order valence-electron chi connectivity index (χ0n) is 7.94. The summed E-state index contributed by atoms with van der Waals surface area (Å²) in [5, 5.41) is 0. The van der Waals surface area contributed by atoms with Gasteiger partial charge in [-0.2, -0.15) is 0 Å². The first-order valence-electron chi connectivity index (χ1n) is 4.61. The third kappa shape index (κ3) is 4.35. The van der Waals surface area contributed by atoms with Crippen LogP contribution in [0.15, 0.2) is 0 Å². The summed E-state index contributed by atoms with van der Waals surface area (Å²) >= 11 is 0. The van der Waals surface area contributed by atoms with Gasteiger partial charge in [0.2, 0.25) is 0 Å². The van der Waals surface area contributed by atoms with Crippen LogP contribution < -0.4 is 0 Å². The van der Waals surface area contributed by atoms with Crippen LogP contribution >= 0.6 is 0 Å². The highest BCUT2D eigenvalue weighted by atomic mass is 19.1. The molecule has 0 amide bonds. The van der Waals surface area contributed by atoms with Crippen molar-refractivity contribution >= 4 is 0 Å². The smallest absolute Gasteiger partial charge is 0.102 e. The van der Waals surface area contributed by atoms with Gasteiger partial charge in [-0.1, -0.05) is 20.8 Å². The van der Waals surface area contributed by atoms with E-state index in [1.165, 1.54) is 6.42 Å². The van der Waals surface area contributed by atoms with Gasteiger partial charge >= 0.3 is 0 Å². The van der Waals surface area contributed by atoms with Gasteiger partial charge < -0.3 is 4.90 Å². The highest BCUT2D eigenvalue weighted by Crippen LogP contribution is 2.13. The molecule has 0 aromatic rings. The molecular formula is C9H20FN. The Morgan fingerprint density at radius 3 is 2.45 bits per heavy atom. The molecule has 1 aliphatic heterocycles. The predicted molar refractivity (Wildman–Crippen MR) is 47.5 cm³/mol. The van der Waals surface area contributed by atoms with Gasteiger partial charge in [-0.15, -0.1) is 0 Å². The van der Waals surface area contributed by atoms with Gasteiger partial charge in [-0.25, -0.2) is 4.39 Å². The molecule has 1 nitrogen and oxygen atoms in total. The van der Waals surface area contributed by atoms with E-state index < -0.39 is 0 Å². The lowest BCUT2D eigenvalue weighted by molar-refractivity contribution is 0.290. The van der Waals surface area contributed by atoms with Crippen molar-refractivity contribution in [2.24, 2.45) is 5.92 Å². The summed E-state index contributed by atoms with van der Waals surface area (Å²) < 4.78 is 11.7. The fourth-order valence-corrected chi connectivity index (χ4v) is 1.35. The van der Waals surface area contributed by atoms with Crippen molar-refractivity contribution in [3.05, 3.63) is 0 Å². The van der Waals surface area contributed by atoms with E-state index in [2.05, 4.69) is 11.8 Å². The molecule has 0 radical (unpaired) electrons. The first kappa shape index (κ1) is 10.9. The second-order valence-electron chi connectivity index (χ2n) is 2.88. The Balaban J connectivity index is 0.000000461. The molecule has 2 heteroatoms. The van der Waals surface area contributed by atoms with Crippen LogP contribution in [0, 0.1) is 5.92 Å². The summed E-state index contributed by atoms with van der Waals surface area (Å²) in [4.78, 5) is 2.19. The van der Waals surface area contributed by atoms with Crippen LogP contribution in [-0.4, -0.2) is 31.2 Å². The molecule has 1 unspecified atom stereocenters. The van der Waals surface area contributed by atoms with E-state index in [9.17, 15) is 4.39 Å². The second-order valence-corrected chi connectivity index (χ2v) is 2.88. The minimum absolute atomic E-state index is 0.188. The lowest BCUT2D eigenvalue weighted by Crippen LogP contribution is -2.22. The average Bonchev–Trinajstić information content (AvgIpc) is 2.41. The summed E-state index contributed by atoms with van der Waals surface area (Å²) in [6.07, 6.45) is 1.25. The molecule has 1 aliphatic rings. The maximum atomic E-state index is 11.7. The van der Waals surface area contributed by atoms with Crippen molar-refractivity contribution in [3.8, 4) is 0 Å². The normalized spacial score (nSPS) is 24.5. The largest absolute Gasteiger partial charge is 0.300 e. The van der Waals surface area contributed by atoms with E-state index in [4.69, 9.17) is 0 Å². The van der Waals surface area contributed by atoms with Gasteiger partial charge in [0.1, 0.15) is 6.67 Å². The molecule has 0 bridgehead atoms. The number of likely N-dealkylation sites (tertiary alicyclic amines) is 1. The summed E-state index contributed by atoms with van der Waals surface area (Å²) in [5.41, 5.74) is 0. The third-order valence-corrected chi connectivity index (χ3v) is 1.91. The number of rotatable bonds is 2. The van der Waals surface area contributed by atoms with Crippen LogP contribution in [0.5, 0.6) is 0 Å². The quantitative estimate of drug-likeness (QED) is 0.601. The SMILES string of the molecule is CC.CC1CCN(CCF)C1. The van der Waals surface area contributed by atoms with Gasteiger partial charge in [0.05, 0.1) is 0 Å². The predicted octanol–water partition coefficient (Wildman–Crippen LogP) is 2.32. The van der Waals surface area contributed by atoms with Crippen molar-refractivity contribution in [2.75, 3.05) is 26.3 Å². The number of hydrogen-bond acceptors (Lipinski definition) is 1. The molecule has 68 valence electrons. The zero-order valence-corrected chi connectivity index (χ0v) is 7.94. The standard InChI is InChI=1S/C7H14FN.C2H6/c1-7-2-4-9(6-7)5-3-8;1-2/h7H,2-6H2,1H3;1-2H3. The Morgan fingerprint density at radius 2 is 2.09 bits per heavy atom. The molecule has 0 spiro atoms. The molecule has 1 atom stereocenters. The Morgan fingerprint density at radius 1 is 1.45 bits per heavy atom. The fraction of sp³-hybridized carbons (Fsp3) is 1.00. The molecule has 1 fully saturated rings. The minimum Gasteiger partial charge on any atom is -0.300 e. The number of hydrogen-bond donors (Lipinski definition) is 0. The lowest BCUT2D eigenvalue weighted by Gasteiger charge is -2.11. The maximum absolute atomic E-state index is 11.7. The van der Waals surface area contributed by atoms with Crippen LogP contribution in [0.1, 0.15) is 27.2 Å². The van der Waals surface area contributed by atoms with Crippen LogP contribution in [0.2, 0.25) is 0 Å². The molecule has 11 heavy (non-hydrogen) atoms. The van der Waals surface area contributed by atoms with Gasteiger partial charge in [0.25, 0.3) is 0 Å². The molecule has 0 N–H and O–H groups in total. The van der Waals surface area contributed by atoms with E-state index in [0.29, 0.717) is 6.54 Å². The molecule has 0 aromatic carbocycles.